The van der Waals surface area contributed by atoms with Crippen molar-refractivity contribution in [2.24, 2.45) is 10.9 Å². The first-order valence-corrected chi connectivity index (χ1v) is 7.36. The van der Waals surface area contributed by atoms with E-state index < -0.39 is 24.7 Å². The van der Waals surface area contributed by atoms with Crippen LogP contribution in [0.25, 0.3) is 5.65 Å². The van der Waals surface area contributed by atoms with Gasteiger partial charge in [0.1, 0.15) is 11.6 Å². The van der Waals surface area contributed by atoms with Gasteiger partial charge in [-0.1, -0.05) is 5.16 Å². The van der Waals surface area contributed by atoms with E-state index in [0.29, 0.717) is 0 Å². The fraction of sp³-hybridized carbons (Fsp3) is 0.188. The van der Waals surface area contributed by atoms with Gasteiger partial charge in [-0.25, -0.2) is 18.3 Å². The zero-order valence-corrected chi connectivity index (χ0v) is 13.4. The zero-order chi connectivity index (χ0) is 21.3. The van der Waals surface area contributed by atoms with Crippen LogP contribution in [0.4, 0.5) is 14.6 Å². The summed E-state index contributed by atoms with van der Waals surface area (Å²) in [5.74, 6) is -2.00. The summed E-state index contributed by atoms with van der Waals surface area (Å²) in [6.07, 6.45) is 2.27. The zero-order valence-electron chi connectivity index (χ0n) is 16.4. The van der Waals surface area contributed by atoms with Gasteiger partial charge in [0, 0.05) is 5.56 Å². The molecule has 0 spiro atoms. The van der Waals surface area contributed by atoms with Crippen molar-refractivity contribution in [2.45, 2.75) is 13.0 Å². The number of methoxy groups -OCH3 is 1. The Hall–Kier alpha value is -3.43. The minimum atomic E-state index is -2.75. The molecule has 0 aliphatic heterocycles. The van der Waals surface area contributed by atoms with E-state index in [0.717, 1.165) is 22.8 Å². The molecule has 0 aliphatic carbocycles. The Labute approximate surface area is 151 Å². The number of hydrogen-bond donors (Lipinski definition) is 3. The normalized spacial score (nSPS) is 15.2. The average molecular weight is 365 g/mol. The van der Waals surface area contributed by atoms with E-state index in [1.165, 1.54) is 12.3 Å². The van der Waals surface area contributed by atoms with Crippen molar-refractivity contribution in [1.29, 1.82) is 0 Å². The maximum absolute atomic E-state index is 14.4. The minimum Gasteiger partial charge on any atom is -0.496 e. The standard InChI is InChI=1S/C16H16F2N6O2/c1-8(10-5-9(17)3-4-13(10)26-2)21-15-12(18)7-24-16(22-15)11(6-20-24)14(19)23-25/h3-8,25H,1-2H3,(H2,19,23)(H,21,22)/t8-/m1/s1/i2D3. The molecule has 0 saturated carbocycles. The van der Waals surface area contributed by atoms with Gasteiger partial charge in [0.2, 0.25) is 0 Å². The SMILES string of the molecule is [2H]C([2H])([2H])Oc1ccc(F)cc1[C@@H](C)Nc1nc2c(/C(N)=N/O)cnn2cc1F. The highest BCUT2D eigenvalue weighted by molar-refractivity contribution is 6.02. The number of ether oxygens (including phenoxy) is 1. The van der Waals surface area contributed by atoms with E-state index in [9.17, 15) is 8.78 Å². The Kier molecular flexibility index (Phi) is 3.63. The predicted molar refractivity (Wildman–Crippen MR) is 90.4 cm³/mol. The quantitative estimate of drug-likeness (QED) is 0.277. The number of benzene rings is 1. The Balaban J connectivity index is 1.99. The van der Waals surface area contributed by atoms with Crippen molar-refractivity contribution in [2.75, 3.05) is 12.4 Å². The molecule has 136 valence electrons. The van der Waals surface area contributed by atoms with Crippen LogP contribution in [0.5, 0.6) is 5.75 Å². The average Bonchev–Trinajstić information content (AvgIpc) is 3.04. The maximum atomic E-state index is 14.4. The lowest BCUT2D eigenvalue weighted by atomic mass is 10.1. The van der Waals surface area contributed by atoms with Gasteiger partial charge in [-0.15, -0.1) is 0 Å². The number of halogens is 2. The second kappa shape index (κ2) is 6.82. The lowest BCUT2D eigenvalue weighted by Gasteiger charge is -2.18. The number of nitrogens with one attached hydrogen (secondary N) is 1. The Morgan fingerprint density at radius 2 is 2.31 bits per heavy atom. The summed E-state index contributed by atoms with van der Waals surface area (Å²) in [6.45, 7) is 1.55. The van der Waals surface area contributed by atoms with Crippen LogP contribution < -0.4 is 15.8 Å². The molecule has 3 aromatic rings. The van der Waals surface area contributed by atoms with E-state index in [-0.39, 0.29) is 34.2 Å². The molecule has 1 atom stereocenters. The lowest BCUT2D eigenvalue weighted by molar-refractivity contribution is 0.318. The van der Waals surface area contributed by atoms with Crippen molar-refractivity contribution >= 4 is 17.3 Å². The molecule has 0 unspecified atom stereocenters. The molecule has 0 radical (unpaired) electrons. The van der Waals surface area contributed by atoms with Crippen LogP contribution in [0.15, 0.2) is 35.7 Å². The van der Waals surface area contributed by atoms with Crippen LogP contribution in [-0.2, 0) is 0 Å². The molecule has 10 heteroatoms. The minimum absolute atomic E-state index is 0.0883. The van der Waals surface area contributed by atoms with Crippen LogP contribution in [0, 0.1) is 11.6 Å². The number of rotatable bonds is 5. The van der Waals surface area contributed by atoms with Crippen LogP contribution in [0.1, 0.15) is 28.2 Å². The molecule has 1 aromatic carbocycles. The first-order chi connectivity index (χ1) is 13.6. The molecule has 26 heavy (non-hydrogen) atoms. The lowest BCUT2D eigenvalue weighted by Crippen LogP contribution is -2.15. The number of nitrogens with zero attached hydrogens (tertiary/aromatic N) is 4. The summed E-state index contributed by atoms with van der Waals surface area (Å²) in [5, 5.41) is 18.3. The summed E-state index contributed by atoms with van der Waals surface area (Å²) in [6, 6.07) is 2.52. The van der Waals surface area contributed by atoms with Crippen LogP contribution in [0.3, 0.4) is 0 Å². The van der Waals surface area contributed by atoms with Crippen molar-refractivity contribution < 1.29 is 22.8 Å². The first-order valence-electron chi connectivity index (χ1n) is 8.86. The van der Waals surface area contributed by atoms with E-state index in [1.807, 2.05) is 0 Å². The highest BCUT2D eigenvalue weighted by atomic mass is 19.1. The molecule has 2 heterocycles. The van der Waals surface area contributed by atoms with Crippen molar-refractivity contribution in [3.05, 3.63) is 53.4 Å². The van der Waals surface area contributed by atoms with E-state index >= 15 is 0 Å². The van der Waals surface area contributed by atoms with Gasteiger partial charge in [0.05, 0.1) is 35.1 Å². The molecule has 0 aliphatic rings. The molecule has 0 bridgehead atoms. The summed E-state index contributed by atoms with van der Waals surface area (Å²) >= 11 is 0. The molecule has 3 rings (SSSR count). The second-order valence-corrected chi connectivity index (χ2v) is 5.40. The number of amidine groups is 1. The topological polar surface area (TPSA) is 110 Å². The summed E-state index contributed by atoms with van der Waals surface area (Å²) < 4.78 is 55.9. The second-order valence-electron chi connectivity index (χ2n) is 5.40. The smallest absolute Gasteiger partial charge is 0.183 e. The fourth-order valence-electron chi connectivity index (χ4n) is 2.46. The van der Waals surface area contributed by atoms with Crippen LogP contribution in [-0.4, -0.2) is 32.7 Å². The molecule has 0 fully saturated rings. The summed E-state index contributed by atoms with van der Waals surface area (Å²) in [4.78, 5) is 4.09. The third-order valence-corrected chi connectivity index (χ3v) is 3.73. The Morgan fingerprint density at radius 3 is 3.04 bits per heavy atom. The van der Waals surface area contributed by atoms with Crippen molar-refractivity contribution in [3.63, 3.8) is 0 Å². The van der Waals surface area contributed by atoms with Gasteiger partial charge in [-0.3, -0.25) is 0 Å². The van der Waals surface area contributed by atoms with Crippen molar-refractivity contribution in [1.82, 2.24) is 14.6 Å². The third kappa shape index (κ3) is 3.08. The Morgan fingerprint density at radius 1 is 1.50 bits per heavy atom. The third-order valence-electron chi connectivity index (χ3n) is 3.73. The first kappa shape index (κ1) is 13.8. The van der Waals surface area contributed by atoms with Gasteiger partial charge >= 0.3 is 0 Å². The van der Waals surface area contributed by atoms with Gasteiger partial charge in [0.25, 0.3) is 0 Å². The molecular weight excluding hydrogens is 346 g/mol. The highest BCUT2D eigenvalue weighted by Gasteiger charge is 2.18. The summed E-state index contributed by atoms with van der Waals surface area (Å²) in [7, 11) is -2.75. The number of anilines is 1. The summed E-state index contributed by atoms with van der Waals surface area (Å²) in [5.41, 5.74) is 5.98. The number of fused-ring (bicyclic) bond motifs is 1. The molecule has 0 saturated heterocycles. The molecule has 8 nitrogen and oxygen atoms in total. The molecule has 2 aromatic heterocycles. The van der Waals surface area contributed by atoms with Gasteiger partial charge in [0.15, 0.2) is 23.1 Å². The van der Waals surface area contributed by atoms with E-state index in [1.54, 1.807) is 6.92 Å². The molecule has 4 N–H and O–H groups in total. The number of aromatic nitrogens is 3. The maximum Gasteiger partial charge on any atom is 0.183 e. The van der Waals surface area contributed by atoms with Gasteiger partial charge < -0.3 is 21.0 Å². The number of hydrogen-bond acceptors (Lipinski definition) is 6. The number of nitrogens with two attached hydrogens (primary N) is 1. The fourth-order valence-corrected chi connectivity index (χ4v) is 2.46. The van der Waals surface area contributed by atoms with Gasteiger partial charge in [-0.2, -0.15) is 5.10 Å². The van der Waals surface area contributed by atoms with Gasteiger partial charge in [-0.05, 0) is 25.1 Å². The van der Waals surface area contributed by atoms with Crippen LogP contribution >= 0.6 is 0 Å². The van der Waals surface area contributed by atoms with E-state index in [2.05, 4.69) is 20.6 Å². The monoisotopic (exact) mass is 365 g/mol. The molecular formula is C16H16F2N6O2. The van der Waals surface area contributed by atoms with Crippen molar-refractivity contribution in [3.8, 4) is 5.75 Å². The van der Waals surface area contributed by atoms with Crippen LogP contribution in [0.2, 0.25) is 0 Å². The number of oxime groups is 1. The largest absolute Gasteiger partial charge is 0.496 e. The highest BCUT2D eigenvalue weighted by Crippen LogP contribution is 2.29. The predicted octanol–water partition coefficient (Wildman–Crippen LogP) is 2.28. The molecule has 0 amide bonds. The van der Waals surface area contributed by atoms with E-state index in [4.69, 9.17) is 19.8 Å². The Bertz CT molecular complexity index is 1090.